The zero-order valence-electron chi connectivity index (χ0n) is 14.4. The fraction of sp³-hybridized carbons (Fsp3) is 0.333. The van der Waals surface area contributed by atoms with Gasteiger partial charge in [-0.05, 0) is 31.5 Å². The molecule has 0 saturated carbocycles. The third kappa shape index (κ3) is 3.62. The number of halogens is 3. The maximum Gasteiger partial charge on any atom is 0.433 e. The summed E-state index contributed by atoms with van der Waals surface area (Å²) in [5, 5.41) is 8.21. The second-order valence-corrected chi connectivity index (χ2v) is 6.48. The minimum atomic E-state index is -4.49. The van der Waals surface area contributed by atoms with Crippen molar-refractivity contribution in [3.05, 3.63) is 53.7 Å². The van der Waals surface area contributed by atoms with Crippen LogP contribution in [-0.2, 0) is 6.18 Å². The van der Waals surface area contributed by atoms with Gasteiger partial charge in [0.2, 0.25) is 17.7 Å². The van der Waals surface area contributed by atoms with Crippen LogP contribution < -0.4 is 4.90 Å². The van der Waals surface area contributed by atoms with Crippen molar-refractivity contribution in [1.82, 2.24) is 20.2 Å². The summed E-state index contributed by atoms with van der Waals surface area (Å²) in [6.45, 7) is 2.94. The van der Waals surface area contributed by atoms with Crippen LogP contribution in [0.2, 0.25) is 0 Å². The predicted octanol–water partition coefficient (Wildman–Crippen LogP) is 3.85. The smallest absolute Gasteiger partial charge is 0.420 e. The minimum absolute atomic E-state index is 0.0607. The van der Waals surface area contributed by atoms with Gasteiger partial charge in [-0.3, -0.25) is 0 Å². The number of hydrogen-bond donors (Lipinski definition) is 0. The van der Waals surface area contributed by atoms with Crippen molar-refractivity contribution in [3.63, 3.8) is 0 Å². The maximum atomic E-state index is 12.8. The standard InChI is InChI=1S/C18H16F3N5O/c1-11-2-4-12(5-3-11)15-24-25-16(27-15)13-7-9-26(10-13)17-22-8-6-14(23-17)18(19,20)21/h2-6,8,13H,7,9-10H2,1H3/t13-/m0/s1. The highest BCUT2D eigenvalue weighted by molar-refractivity contribution is 5.53. The van der Waals surface area contributed by atoms with Gasteiger partial charge in [0.15, 0.2) is 0 Å². The van der Waals surface area contributed by atoms with Gasteiger partial charge in [0.25, 0.3) is 0 Å². The molecule has 3 aromatic rings. The molecule has 0 radical (unpaired) electrons. The number of rotatable bonds is 3. The average Bonchev–Trinajstić information content (AvgIpc) is 3.31. The van der Waals surface area contributed by atoms with Crippen molar-refractivity contribution in [2.45, 2.75) is 25.4 Å². The largest absolute Gasteiger partial charge is 0.433 e. The summed E-state index contributed by atoms with van der Waals surface area (Å²) in [6.07, 6.45) is -2.69. The van der Waals surface area contributed by atoms with Gasteiger partial charge in [0.1, 0.15) is 5.69 Å². The minimum Gasteiger partial charge on any atom is -0.420 e. The lowest BCUT2D eigenvalue weighted by atomic mass is 10.1. The Labute approximate surface area is 153 Å². The number of nitrogens with zero attached hydrogens (tertiary/aromatic N) is 5. The van der Waals surface area contributed by atoms with Gasteiger partial charge in [-0.25, -0.2) is 9.97 Å². The van der Waals surface area contributed by atoms with E-state index in [1.807, 2.05) is 31.2 Å². The monoisotopic (exact) mass is 375 g/mol. The lowest BCUT2D eigenvalue weighted by Crippen LogP contribution is -2.23. The van der Waals surface area contributed by atoms with Gasteiger partial charge in [-0.1, -0.05) is 17.7 Å². The molecule has 1 aromatic carbocycles. The van der Waals surface area contributed by atoms with Gasteiger partial charge >= 0.3 is 6.18 Å². The molecular formula is C18H16F3N5O. The Hall–Kier alpha value is -2.97. The molecule has 1 fully saturated rings. The van der Waals surface area contributed by atoms with E-state index in [2.05, 4.69) is 20.2 Å². The molecular weight excluding hydrogens is 359 g/mol. The second-order valence-electron chi connectivity index (χ2n) is 6.48. The topological polar surface area (TPSA) is 67.9 Å². The zero-order chi connectivity index (χ0) is 19.0. The van der Waals surface area contributed by atoms with Gasteiger partial charge < -0.3 is 9.32 Å². The molecule has 0 unspecified atom stereocenters. The molecule has 2 aromatic heterocycles. The molecule has 0 spiro atoms. The highest BCUT2D eigenvalue weighted by Gasteiger charge is 2.35. The predicted molar refractivity (Wildman–Crippen MR) is 91.1 cm³/mol. The second kappa shape index (κ2) is 6.64. The summed E-state index contributed by atoms with van der Waals surface area (Å²) in [6, 6.07) is 8.60. The summed E-state index contributed by atoms with van der Waals surface area (Å²) in [5.74, 6) is 0.888. The Morgan fingerprint density at radius 1 is 1.11 bits per heavy atom. The normalized spacial score (nSPS) is 17.5. The molecule has 4 rings (SSSR count). The van der Waals surface area contributed by atoms with Crippen molar-refractivity contribution < 1.29 is 17.6 Å². The first-order chi connectivity index (χ1) is 12.9. The molecule has 1 saturated heterocycles. The van der Waals surface area contributed by atoms with E-state index < -0.39 is 11.9 Å². The Balaban J connectivity index is 1.50. The SMILES string of the molecule is Cc1ccc(-c2nnc([C@H]3CCN(c4nccc(C(F)(F)F)n4)C3)o2)cc1. The molecule has 9 heteroatoms. The average molecular weight is 375 g/mol. The van der Waals surface area contributed by atoms with Crippen LogP contribution in [0.15, 0.2) is 40.9 Å². The van der Waals surface area contributed by atoms with Gasteiger partial charge in [-0.15, -0.1) is 10.2 Å². The molecule has 1 aliphatic heterocycles. The fourth-order valence-corrected chi connectivity index (χ4v) is 3.01. The molecule has 0 aliphatic carbocycles. The van der Waals surface area contributed by atoms with Gasteiger partial charge in [-0.2, -0.15) is 13.2 Å². The number of aromatic nitrogens is 4. The Morgan fingerprint density at radius 3 is 2.63 bits per heavy atom. The summed E-state index contributed by atoms with van der Waals surface area (Å²) >= 11 is 0. The van der Waals surface area contributed by atoms with E-state index in [0.29, 0.717) is 31.3 Å². The van der Waals surface area contributed by atoms with Crippen LogP contribution >= 0.6 is 0 Å². The van der Waals surface area contributed by atoms with Crippen LogP contribution in [0.4, 0.5) is 19.1 Å². The highest BCUT2D eigenvalue weighted by atomic mass is 19.4. The van der Waals surface area contributed by atoms with Gasteiger partial charge in [0.05, 0.1) is 5.92 Å². The van der Waals surface area contributed by atoms with E-state index >= 15 is 0 Å². The third-order valence-electron chi connectivity index (χ3n) is 4.49. The van der Waals surface area contributed by atoms with Crippen LogP contribution in [-0.4, -0.2) is 33.3 Å². The summed E-state index contributed by atoms with van der Waals surface area (Å²) in [4.78, 5) is 9.31. The van der Waals surface area contributed by atoms with Crippen molar-refractivity contribution in [3.8, 4) is 11.5 Å². The van der Waals surface area contributed by atoms with Crippen molar-refractivity contribution in [2.24, 2.45) is 0 Å². The van der Waals surface area contributed by atoms with Crippen molar-refractivity contribution in [1.29, 1.82) is 0 Å². The van der Waals surface area contributed by atoms with Crippen LogP contribution in [0.25, 0.3) is 11.5 Å². The maximum absolute atomic E-state index is 12.8. The number of anilines is 1. The number of hydrogen-bond acceptors (Lipinski definition) is 6. The summed E-state index contributed by atoms with van der Waals surface area (Å²) in [7, 11) is 0. The summed E-state index contributed by atoms with van der Waals surface area (Å²) < 4.78 is 44.3. The van der Waals surface area contributed by atoms with Crippen molar-refractivity contribution >= 4 is 5.95 Å². The first kappa shape index (κ1) is 17.4. The Bertz CT molecular complexity index is 939. The molecule has 3 heterocycles. The van der Waals surface area contributed by atoms with E-state index in [4.69, 9.17) is 4.42 Å². The molecule has 140 valence electrons. The number of aryl methyl sites for hydroxylation is 1. The quantitative estimate of drug-likeness (QED) is 0.693. The van der Waals surface area contributed by atoms with E-state index in [9.17, 15) is 13.2 Å². The molecule has 0 N–H and O–H groups in total. The molecule has 27 heavy (non-hydrogen) atoms. The molecule has 1 atom stereocenters. The van der Waals surface area contributed by atoms with Crippen LogP contribution in [0.1, 0.15) is 29.5 Å². The van der Waals surface area contributed by atoms with Crippen LogP contribution in [0.3, 0.4) is 0 Å². The van der Waals surface area contributed by atoms with E-state index in [1.165, 1.54) is 0 Å². The summed E-state index contributed by atoms with van der Waals surface area (Å²) in [5.41, 5.74) is 1.01. The lowest BCUT2D eigenvalue weighted by molar-refractivity contribution is -0.141. The highest BCUT2D eigenvalue weighted by Crippen LogP contribution is 2.32. The van der Waals surface area contributed by atoms with E-state index in [0.717, 1.165) is 23.4 Å². The van der Waals surface area contributed by atoms with Crippen LogP contribution in [0.5, 0.6) is 0 Å². The lowest BCUT2D eigenvalue weighted by Gasteiger charge is -2.16. The number of benzene rings is 1. The first-order valence-electron chi connectivity index (χ1n) is 8.46. The molecule has 0 bridgehead atoms. The first-order valence-corrected chi connectivity index (χ1v) is 8.46. The zero-order valence-corrected chi connectivity index (χ0v) is 14.4. The van der Waals surface area contributed by atoms with E-state index in [1.54, 1.807) is 4.90 Å². The van der Waals surface area contributed by atoms with Crippen LogP contribution in [0, 0.1) is 6.92 Å². The molecule has 6 nitrogen and oxygen atoms in total. The van der Waals surface area contributed by atoms with Crippen molar-refractivity contribution in [2.75, 3.05) is 18.0 Å². The Morgan fingerprint density at radius 2 is 1.89 bits per heavy atom. The molecule has 0 amide bonds. The Kier molecular flexibility index (Phi) is 4.29. The third-order valence-corrected chi connectivity index (χ3v) is 4.49. The van der Waals surface area contributed by atoms with Gasteiger partial charge in [0, 0.05) is 24.8 Å². The van der Waals surface area contributed by atoms with E-state index in [-0.39, 0.29) is 11.9 Å². The molecule has 1 aliphatic rings. The fourth-order valence-electron chi connectivity index (χ4n) is 3.01. The number of alkyl halides is 3.